The van der Waals surface area contributed by atoms with E-state index in [-0.39, 0.29) is 24.0 Å². The number of ether oxygens (including phenoxy) is 3. The molecule has 148 valence electrons. The summed E-state index contributed by atoms with van der Waals surface area (Å²) < 4.78 is 16.9. The quantitative estimate of drug-likeness (QED) is 0.822. The molecule has 7 nitrogen and oxygen atoms in total. The maximum Gasteiger partial charge on any atom is 0.255 e. The van der Waals surface area contributed by atoms with Crippen LogP contribution in [0.15, 0.2) is 18.2 Å². The van der Waals surface area contributed by atoms with Gasteiger partial charge in [0.05, 0.1) is 18.8 Å². The summed E-state index contributed by atoms with van der Waals surface area (Å²) in [6.45, 7) is 4.19. The maximum absolute atomic E-state index is 12.7. The van der Waals surface area contributed by atoms with Crippen molar-refractivity contribution >= 4 is 11.8 Å². The van der Waals surface area contributed by atoms with E-state index in [9.17, 15) is 9.59 Å². The molecule has 0 unspecified atom stereocenters. The Morgan fingerprint density at radius 2 is 2.04 bits per heavy atom. The van der Waals surface area contributed by atoms with Crippen molar-refractivity contribution in [3.8, 4) is 11.5 Å². The molecule has 1 aromatic rings. The summed E-state index contributed by atoms with van der Waals surface area (Å²) >= 11 is 0. The molecule has 2 fully saturated rings. The van der Waals surface area contributed by atoms with E-state index in [0.29, 0.717) is 36.7 Å². The minimum Gasteiger partial charge on any atom is -0.497 e. The molecule has 1 N–H and O–H groups in total. The van der Waals surface area contributed by atoms with Crippen molar-refractivity contribution in [1.29, 1.82) is 0 Å². The number of amides is 2. The summed E-state index contributed by atoms with van der Waals surface area (Å²) in [6, 6.07) is 5.26. The monoisotopic (exact) mass is 376 g/mol. The van der Waals surface area contributed by atoms with Crippen LogP contribution < -0.4 is 14.8 Å². The Balaban J connectivity index is 1.65. The molecule has 2 aliphatic rings. The van der Waals surface area contributed by atoms with E-state index in [0.717, 1.165) is 32.3 Å². The first kappa shape index (κ1) is 19.5. The fourth-order valence-electron chi connectivity index (χ4n) is 3.49. The van der Waals surface area contributed by atoms with Gasteiger partial charge in [0, 0.05) is 46.0 Å². The molecule has 7 heteroatoms. The van der Waals surface area contributed by atoms with Crippen LogP contribution in [0.3, 0.4) is 0 Å². The van der Waals surface area contributed by atoms with Gasteiger partial charge in [0.2, 0.25) is 5.91 Å². The summed E-state index contributed by atoms with van der Waals surface area (Å²) in [4.78, 5) is 26.0. The van der Waals surface area contributed by atoms with E-state index in [1.807, 2.05) is 4.90 Å². The minimum atomic E-state index is -0.194. The van der Waals surface area contributed by atoms with Gasteiger partial charge in [0.1, 0.15) is 17.6 Å². The second-order valence-corrected chi connectivity index (χ2v) is 7.03. The van der Waals surface area contributed by atoms with Gasteiger partial charge in [-0.25, -0.2) is 0 Å². The molecule has 3 rings (SSSR count). The molecule has 0 saturated carbocycles. The van der Waals surface area contributed by atoms with E-state index in [1.54, 1.807) is 32.2 Å². The third-order valence-electron chi connectivity index (χ3n) is 5.13. The number of methoxy groups -OCH3 is 1. The Kier molecular flexibility index (Phi) is 6.55. The Labute approximate surface area is 160 Å². The largest absolute Gasteiger partial charge is 0.497 e. The average Bonchev–Trinajstić information content (AvgIpc) is 3.20. The van der Waals surface area contributed by atoms with E-state index >= 15 is 0 Å². The van der Waals surface area contributed by atoms with Crippen LogP contribution in [0.4, 0.5) is 0 Å². The summed E-state index contributed by atoms with van der Waals surface area (Å²) in [7, 11) is 1.57. The third-order valence-corrected chi connectivity index (χ3v) is 5.13. The topological polar surface area (TPSA) is 77.1 Å². The van der Waals surface area contributed by atoms with E-state index < -0.39 is 0 Å². The summed E-state index contributed by atoms with van der Waals surface area (Å²) in [5.41, 5.74) is 0.460. The number of nitrogens with zero attached hydrogens (tertiary/aromatic N) is 1. The van der Waals surface area contributed by atoms with Gasteiger partial charge in [-0.2, -0.15) is 0 Å². The van der Waals surface area contributed by atoms with Gasteiger partial charge in [-0.05, 0) is 31.0 Å². The van der Waals surface area contributed by atoms with Gasteiger partial charge in [-0.15, -0.1) is 0 Å². The van der Waals surface area contributed by atoms with Crippen molar-refractivity contribution in [1.82, 2.24) is 10.2 Å². The number of likely N-dealkylation sites (tertiary alicyclic amines) is 1. The first-order valence-electron chi connectivity index (χ1n) is 9.57. The predicted molar refractivity (Wildman–Crippen MR) is 100 cm³/mol. The van der Waals surface area contributed by atoms with Crippen LogP contribution in [0.1, 0.15) is 43.0 Å². The number of rotatable bonds is 6. The number of nitrogens with one attached hydrogen (secondary N) is 1. The lowest BCUT2D eigenvalue weighted by Gasteiger charge is -2.31. The lowest BCUT2D eigenvalue weighted by Crippen LogP contribution is -2.41. The molecule has 0 aromatic heterocycles. The number of hydrogen-bond donors (Lipinski definition) is 1. The number of carbonyl (C=O) groups excluding carboxylic acids is 2. The summed E-state index contributed by atoms with van der Waals surface area (Å²) in [5.74, 6) is 1.05. The zero-order chi connectivity index (χ0) is 19.2. The van der Waals surface area contributed by atoms with Crippen molar-refractivity contribution in [2.24, 2.45) is 0 Å². The Hall–Kier alpha value is -2.28. The molecule has 0 spiro atoms. The van der Waals surface area contributed by atoms with Gasteiger partial charge in [0.25, 0.3) is 5.91 Å². The summed E-state index contributed by atoms with van der Waals surface area (Å²) in [5, 5.41) is 2.94. The standard InChI is InChI=1S/C20H28N2O5/c1-14(23)22-9-7-15(8-10-22)27-19-6-5-16(25-2)12-18(19)20(24)21-13-17-4-3-11-26-17/h5-6,12,15,17H,3-4,7-11,13H2,1-2H3,(H,21,24)/t17-/m1/s1. The molecular weight excluding hydrogens is 348 g/mol. The normalized spacial score (nSPS) is 20.4. The molecule has 27 heavy (non-hydrogen) atoms. The number of piperidine rings is 1. The first-order valence-corrected chi connectivity index (χ1v) is 9.57. The molecular formula is C20H28N2O5. The number of carbonyl (C=O) groups is 2. The second kappa shape index (κ2) is 9.08. The smallest absolute Gasteiger partial charge is 0.255 e. The zero-order valence-corrected chi connectivity index (χ0v) is 16.0. The van der Waals surface area contributed by atoms with Crippen LogP contribution in [-0.4, -0.2) is 62.3 Å². The molecule has 0 bridgehead atoms. The Morgan fingerprint density at radius 3 is 2.67 bits per heavy atom. The molecule has 1 aromatic carbocycles. The number of hydrogen-bond acceptors (Lipinski definition) is 5. The molecule has 0 radical (unpaired) electrons. The van der Waals surface area contributed by atoms with Crippen LogP contribution >= 0.6 is 0 Å². The molecule has 1 atom stereocenters. The van der Waals surface area contributed by atoms with Gasteiger partial charge < -0.3 is 24.4 Å². The maximum atomic E-state index is 12.7. The van der Waals surface area contributed by atoms with Gasteiger partial charge in [-0.3, -0.25) is 9.59 Å². The highest BCUT2D eigenvalue weighted by atomic mass is 16.5. The van der Waals surface area contributed by atoms with Crippen molar-refractivity contribution in [3.05, 3.63) is 23.8 Å². The number of benzene rings is 1. The second-order valence-electron chi connectivity index (χ2n) is 7.03. The Morgan fingerprint density at radius 1 is 1.26 bits per heavy atom. The van der Waals surface area contributed by atoms with Crippen molar-refractivity contribution in [2.75, 3.05) is 33.4 Å². The van der Waals surface area contributed by atoms with Gasteiger partial charge >= 0.3 is 0 Å². The lowest BCUT2D eigenvalue weighted by atomic mass is 10.1. The van der Waals surface area contributed by atoms with Crippen molar-refractivity contribution in [3.63, 3.8) is 0 Å². The molecule has 2 heterocycles. The van der Waals surface area contributed by atoms with Gasteiger partial charge in [0.15, 0.2) is 0 Å². The van der Waals surface area contributed by atoms with Crippen LogP contribution in [0.5, 0.6) is 11.5 Å². The predicted octanol–water partition coefficient (Wildman–Crippen LogP) is 1.99. The first-order chi connectivity index (χ1) is 13.1. The molecule has 0 aliphatic carbocycles. The fraction of sp³-hybridized carbons (Fsp3) is 0.600. The van der Waals surface area contributed by atoms with Crippen LogP contribution in [-0.2, 0) is 9.53 Å². The SMILES string of the molecule is COc1ccc(OC2CCN(C(C)=O)CC2)c(C(=O)NC[C@H]2CCCO2)c1. The molecule has 2 amide bonds. The van der Waals surface area contributed by atoms with E-state index in [4.69, 9.17) is 14.2 Å². The fourth-order valence-corrected chi connectivity index (χ4v) is 3.49. The highest BCUT2D eigenvalue weighted by Gasteiger charge is 2.24. The van der Waals surface area contributed by atoms with Crippen molar-refractivity contribution < 1.29 is 23.8 Å². The van der Waals surface area contributed by atoms with Crippen molar-refractivity contribution in [2.45, 2.75) is 44.8 Å². The van der Waals surface area contributed by atoms with Gasteiger partial charge in [-0.1, -0.05) is 0 Å². The van der Waals surface area contributed by atoms with Crippen LogP contribution in [0.2, 0.25) is 0 Å². The van der Waals surface area contributed by atoms with Crippen LogP contribution in [0.25, 0.3) is 0 Å². The van der Waals surface area contributed by atoms with E-state index in [2.05, 4.69) is 5.32 Å². The minimum absolute atomic E-state index is 0.0151. The highest BCUT2D eigenvalue weighted by Crippen LogP contribution is 2.27. The average molecular weight is 376 g/mol. The zero-order valence-electron chi connectivity index (χ0n) is 16.0. The molecule has 2 saturated heterocycles. The molecule has 2 aliphatic heterocycles. The Bertz CT molecular complexity index is 664. The summed E-state index contributed by atoms with van der Waals surface area (Å²) in [6.07, 6.45) is 3.58. The van der Waals surface area contributed by atoms with E-state index in [1.165, 1.54) is 0 Å². The third kappa shape index (κ3) is 5.13. The highest BCUT2D eigenvalue weighted by molar-refractivity contribution is 5.97. The lowest BCUT2D eigenvalue weighted by molar-refractivity contribution is -0.130. The van der Waals surface area contributed by atoms with Crippen LogP contribution in [0, 0.1) is 0 Å².